The number of rotatable bonds is 6. The molecule has 0 radical (unpaired) electrons. The standard InChI is InChI=1S/C23H22N4O4S/c1-23(15-26-13-12-24-25-26)21(27-18(28)14-19(27)32(23)30)22(29)31-20(16-8-4-2-5-9-16)17-10-6-3-7-11-17/h2-13,19-21H,14-15H2,1H3/t19?,21-,23-,32?/m0/s1. The maximum Gasteiger partial charge on any atom is 0.331 e. The summed E-state index contributed by atoms with van der Waals surface area (Å²) in [4.78, 5) is 27.5. The zero-order valence-electron chi connectivity index (χ0n) is 17.4. The quantitative estimate of drug-likeness (QED) is 0.422. The van der Waals surface area contributed by atoms with Crippen molar-refractivity contribution < 1.29 is 18.5 Å². The van der Waals surface area contributed by atoms with Crippen LogP contribution in [-0.2, 0) is 31.7 Å². The van der Waals surface area contributed by atoms with Crippen molar-refractivity contribution in [3.05, 3.63) is 84.2 Å². The number of fused-ring (bicyclic) bond motifs is 1. The average Bonchev–Trinajstić information content (AvgIpc) is 3.37. The van der Waals surface area contributed by atoms with Crippen LogP contribution >= 0.6 is 0 Å². The summed E-state index contributed by atoms with van der Waals surface area (Å²) in [6.07, 6.45) is 2.70. The van der Waals surface area contributed by atoms with Crippen molar-refractivity contribution >= 4 is 22.7 Å². The van der Waals surface area contributed by atoms with E-state index in [1.54, 1.807) is 17.8 Å². The van der Waals surface area contributed by atoms with E-state index in [0.717, 1.165) is 11.1 Å². The van der Waals surface area contributed by atoms with Crippen LogP contribution in [-0.4, -0.2) is 52.1 Å². The van der Waals surface area contributed by atoms with Crippen molar-refractivity contribution in [3.63, 3.8) is 0 Å². The van der Waals surface area contributed by atoms with Crippen LogP contribution in [0.2, 0.25) is 0 Å². The Morgan fingerprint density at radius 1 is 1.16 bits per heavy atom. The predicted molar refractivity (Wildman–Crippen MR) is 116 cm³/mol. The lowest BCUT2D eigenvalue weighted by atomic mass is 9.95. The molecule has 4 atom stereocenters. The monoisotopic (exact) mass is 450 g/mol. The predicted octanol–water partition coefficient (Wildman–Crippen LogP) is 2.06. The molecule has 164 valence electrons. The van der Waals surface area contributed by atoms with Gasteiger partial charge in [-0.05, 0) is 18.1 Å². The molecule has 0 saturated carbocycles. The van der Waals surface area contributed by atoms with Crippen LogP contribution in [0.25, 0.3) is 0 Å². The zero-order chi connectivity index (χ0) is 22.3. The molecule has 1 aromatic heterocycles. The maximum atomic E-state index is 13.6. The average molecular weight is 451 g/mol. The molecule has 3 aromatic rings. The molecule has 2 unspecified atom stereocenters. The maximum absolute atomic E-state index is 13.6. The van der Waals surface area contributed by atoms with Crippen molar-refractivity contribution in [2.24, 2.45) is 0 Å². The molecule has 5 rings (SSSR count). The number of amides is 1. The van der Waals surface area contributed by atoms with Gasteiger partial charge in [0.25, 0.3) is 0 Å². The third-order valence-electron chi connectivity index (χ3n) is 6.12. The first-order valence-electron chi connectivity index (χ1n) is 10.4. The molecular weight excluding hydrogens is 428 g/mol. The summed E-state index contributed by atoms with van der Waals surface area (Å²) in [5.74, 6) is -0.766. The van der Waals surface area contributed by atoms with Gasteiger partial charge >= 0.3 is 5.97 Å². The SMILES string of the molecule is C[C@]1(Cn2ccnn2)[C@H](C(=O)OC(c2ccccc2)c2ccccc2)N2C(=O)CC2S1=O. The summed E-state index contributed by atoms with van der Waals surface area (Å²) in [5.41, 5.74) is 1.63. The minimum Gasteiger partial charge on any atom is -0.451 e. The van der Waals surface area contributed by atoms with E-state index >= 15 is 0 Å². The lowest BCUT2D eigenvalue weighted by molar-refractivity contribution is -0.164. The van der Waals surface area contributed by atoms with E-state index in [1.165, 1.54) is 11.1 Å². The van der Waals surface area contributed by atoms with Crippen molar-refractivity contribution in [2.45, 2.75) is 42.2 Å². The first kappa shape index (κ1) is 20.6. The second kappa shape index (κ2) is 7.98. The highest BCUT2D eigenvalue weighted by molar-refractivity contribution is 7.87. The van der Waals surface area contributed by atoms with Gasteiger partial charge in [0.1, 0.15) is 11.4 Å². The van der Waals surface area contributed by atoms with E-state index in [-0.39, 0.29) is 18.9 Å². The lowest BCUT2D eigenvalue weighted by Crippen LogP contribution is -2.58. The van der Waals surface area contributed by atoms with Gasteiger partial charge < -0.3 is 9.64 Å². The van der Waals surface area contributed by atoms with Crippen molar-refractivity contribution in [1.29, 1.82) is 0 Å². The first-order chi connectivity index (χ1) is 15.5. The van der Waals surface area contributed by atoms with E-state index in [2.05, 4.69) is 10.3 Å². The molecule has 0 bridgehead atoms. The van der Waals surface area contributed by atoms with Crippen molar-refractivity contribution in [1.82, 2.24) is 19.9 Å². The van der Waals surface area contributed by atoms with E-state index < -0.39 is 39.0 Å². The third-order valence-corrected chi connectivity index (χ3v) is 8.28. The normalized spacial score (nSPS) is 26.6. The smallest absolute Gasteiger partial charge is 0.331 e. The summed E-state index contributed by atoms with van der Waals surface area (Å²) < 4.78 is 19.9. The fourth-order valence-corrected chi connectivity index (χ4v) is 6.57. The molecule has 9 heteroatoms. The number of hydrogen-bond donors (Lipinski definition) is 0. The molecule has 2 fully saturated rings. The van der Waals surface area contributed by atoms with Gasteiger partial charge in [0.15, 0.2) is 6.10 Å². The minimum absolute atomic E-state index is 0.171. The lowest BCUT2D eigenvalue weighted by Gasteiger charge is -2.37. The molecule has 0 N–H and O–H groups in total. The van der Waals surface area contributed by atoms with E-state index in [0.29, 0.717) is 0 Å². The number of carbonyl (C=O) groups excluding carboxylic acids is 2. The third kappa shape index (κ3) is 3.33. The van der Waals surface area contributed by atoms with Crippen molar-refractivity contribution in [2.75, 3.05) is 0 Å². The molecule has 3 heterocycles. The van der Waals surface area contributed by atoms with Crippen molar-refractivity contribution in [3.8, 4) is 0 Å². The van der Waals surface area contributed by atoms with Crippen LogP contribution in [0.1, 0.15) is 30.6 Å². The van der Waals surface area contributed by atoms with Crippen LogP contribution in [0, 0.1) is 0 Å². The number of aromatic nitrogens is 3. The highest BCUT2D eigenvalue weighted by Crippen LogP contribution is 2.45. The van der Waals surface area contributed by atoms with Gasteiger partial charge in [-0.25, -0.2) is 4.79 Å². The number of hydrogen-bond acceptors (Lipinski definition) is 6. The Hall–Kier alpha value is -3.33. The van der Waals surface area contributed by atoms with Gasteiger partial charge in [-0.3, -0.25) is 13.7 Å². The van der Waals surface area contributed by atoms with Crippen LogP contribution in [0.15, 0.2) is 73.1 Å². The first-order valence-corrected chi connectivity index (χ1v) is 11.6. The molecule has 2 saturated heterocycles. The Morgan fingerprint density at radius 3 is 2.31 bits per heavy atom. The molecule has 2 aliphatic rings. The number of nitrogens with zero attached hydrogens (tertiary/aromatic N) is 4. The molecule has 0 spiro atoms. The molecule has 2 aromatic carbocycles. The Labute approximate surface area is 187 Å². The number of esters is 1. The van der Waals surface area contributed by atoms with E-state index in [4.69, 9.17) is 4.74 Å². The summed E-state index contributed by atoms with van der Waals surface area (Å²) in [6, 6.07) is 17.9. The fourth-order valence-electron chi connectivity index (χ4n) is 4.52. The van der Waals surface area contributed by atoms with E-state index in [9.17, 15) is 13.8 Å². The summed E-state index contributed by atoms with van der Waals surface area (Å²) in [5, 5.41) is 7.29. The molecule has 2 aliphatic heterocycles. The number of β-lactam (4-membered cyclic amide) rings is 1. The largest absolute Gasteiger partial charge is 0.451 e. The fraction of sp³-hybridized carbons (Fsp3) is 0.304. The second-order valence-electron chi connectivity index (χ2n) is 8.21. The number of carbonyl (C=O) groups is 2. The van der Waals surface area contributed by atoms with Crippen LogP contribution in [0.4, 0.5) is 0 Å². The summed E-state index contributed by atoms with van der Waals surface area (Å²) >= 11 is 0. The molecular formula is C23H22N4O4S. The Morgan fingerprint density at radius 2 is 1.78 bits per heavy atom. The van der Waals surface area contributed by atoms with Gasteiger partial charge in [0.2, 0.25) is 5.91 Å². The van der Waals surface area contributed by atoms with Gasteiger partial charge in [-0.2, -0.15) is 0 Å². The molecule has 0 aliphatic carbocycles. The Kier molecular flexibility index (Phi) is 5.13. The second-order valence-corrected chi connectivity index (χ2v) is 10.3. The zero-order valence-corrected chi connectivity index (χ0v) is 18.2. The molecule has 32 heavy (non-hydrogen) atoms. The summed E-state index contributed by atoms with van der Waals surface area (Å²) in [6.45, 7) is 1.93. The Bertz CT molecular complexity index is 1120. The summed E-state index contributed by atoms with van der Waals surface area (Å²) in [7, 11) is -1.46. The topological polar surface area (TPSA) is 94.4 Å². The van der Waals surface area contributed by atoms with E-state index in [1.807, 2.05) is 60.7 Å². The van der Waals surface area contributed by atoms with Crippen LogP contribution < -0.4 is 0 Å². The van der Waals surface area contributed by atoms with Crippen LogP contribution in [0.3, 0.4) is 0 Å². The van der Waals surface area contributed by atoms with Crippen LogP contribution in [0.5, 0.6) is 0 Å². The Balaban J connectivity index is 1.50. The van der Waals surface area contributed by atoms with Gasteiger partial charge in [-0.15, -0.1) is 5.10 Å². The number of ether oxygens (including phenoxy) is 1. The molecule has 8 nitrogen and oxygen atoms in total. The highest BCUT2D eigenvalue weighted by Gasteiger charge is 2.65. The highest BCUT2D eigenvalue weighted by atomic mass is 32.2. The number of benzene rings is 2. The minimum atomic E-state index is -1.46. The van der Waals surface area contributed by atoms with Gasteiger partial charge in [0, 0.05) is 6.20 Å². The van der Waals surface area contributed by atoms with Gasteiger partial charge in [0.05, 0.1) is 34.7 Å². The van der Waals surface area contributed by atoms with Gasteiger partial charge in [-0.1, -0.05) is 65.9 Å². The molecule has 1 amide bonds.